The maximum Gasteiger partial charge on any atom is 0.131 e. The number of nitrogens with zero attached hydrogens (tertiary/aromatic N) is 2. The molecule has 0 aliphatic rings. The SMILES string of the molecule is CCn1nc(C)c(Br)c1COc1ccc(CC(N)=S)cc1. The van der Waals surface area contributed by atoms with Gasteiger partial charge in [0.15, 0.2) is 0 Å². The zero-order valence-electron chi connectivity index (χ0n) is 12.1. The number of aryl methyl sites for hydroxylation is 2. The summed E-state index contributed by atoms with van der Waals surface area (Å²) in [6, 6.07) is 7.82. The van der Waals surface area contributed by atoms with Gasteiger partial charge in [0.2, 0.25) is 0 Å². The van der Waals surface area contributed by atoms with E-state index in [0.717, 1.165) is 33.7 Å². The van der Waals surface area contributed by atoms with Crippen molar-refractivity contribution in [3.05, 3.63) is 45.7 Å². The summed E-state index contributed by atoms with van der Waals surface area (Å²) in [4.78, 5) is 0.495. The minimum atomic E-state index is 0.476. The van der Waals surface area contributed by atoms with E-state index < -0.39 is 0 Å². The molecule has 0 spiro atoms. The number of hydrogen-bond donors (Lipinski definition) is 1. The number of aromatic nitrogens is 2. The van der Waals surface area contributed by atoms with Crippen LogP contribution in [-0.4, -0.2) is 14.8 Å². The number of halogens is 1. The molecule has 0 unspecified atom stereocenters. The highest BCUT2D eigenvalue weighted by atomic mass is 79.9. The Morgan fingerprint density at radius 1 is 1.38 bits per heavy atom. The van der Waals surface area contributed by atoms with Gasteiger partial charge in [0, 0.05) is 13.0 Å². The molecule has 0 fully saturated rings. The van der Waals surface area contributed by atoms with Crippen LogP contribution in [0, 0.1) is 6.92 Å². The average molecular weight is 368 g/mol. The molecule has 0 bridgehead atoms. The molecule has 1 aromatic heterocycles. The summed E-state index contributed by atoms with van der Waals surface area (Å²) in [6.45, 7) is 5.33. The second-order valence-electron chi connectivity index (χ2n) is 4.74. The first-order chi connectivity index (χ1) is 10.0. The standard InChI is InChI=1S/C15H18BrN3OS/c1-3-19-13(15(16)10(2)18-19)9-20-12-6-4-11(5-7-12)8-14(17)21/h4-7H,3,8-9H2,1-2H3,(H2,17,21). The maximum atomic E-state index is 5.83. The summed E-state index contributed by atoms with van der Waals surface area (Å²) in [5.41, 5.74) is 8.64. The van der Waals surface area contributed by atoms with E-state index in [1.54, 1.807) is 0 Å². The third-order valence-electron chi connectivity index (χ3n) is 3.13. The van der Waals surface area contributed by atoms with Crippen molar-refractivity contribution in [3.63, 3.8) is 0 Å². The van der Waals surface area contributed by atoms with Gasteiger partial charge in [-0.3, -0.25) is 4.68 Å². The van der Waals surface area contributed by atoms with Crippen LogP contribution < -0.4 is 10.5 Å². The lowest BCUT2D eigenvalue weighted by Gasteiger charge is -2.09. The molecule has 2 rings (SSSR count). The molecular formula is C15H18BrN3OS. The van der Waals surface area contributed by atoms with Crippen molar-refractivity contribution in [2.45, 2.75) is 33.4 Å². The third kappa shape index (κ3) is 4.04. The maximum absolute atomic E-state index is 5.83. The zero-order valence-corrected chi connectivity index (χ0v) is 14.5. The normalized spacial score (nSPS) is 10.6. The van der Waals surface area contributed by atoms with Crippen molar-refractivity contribution >= 4 is 33.1 Å². The van der Waals surface area contributed by atoms with Crippen molar-refractivity contribution in [2.24, 2.45) is 5.73 Å². The van der Waals surface area contributed by atoms with Gasteiger partial charge in [-0.2, -0.15) is 5.10 Å². The number of thiocarbonyl (C=S) groups is 1. The highest BCUT2D eigenvalue weighted by Crippen LogP contribution is 2.23. The molecule has 0 radical (unpaired) electrons. The number of hydrogen-bond acceptors (Lipinski definition) is 3. The molecule has 2 aromatic rings. The number of ether oxygens (including phenoxy) is 1. The third-order valence-corrected chi connectivity index (χ3v) is 4.31. The quantitative estimate of drug-likeness (QED) is 0.795. The van der Waals surface area contributed by atoms with Gasteiger partial charge in [-0.1, -0.05) is 24.4 Å². The van der Waals surface area contributed by atoms with E-state index in [4.69, 9.17) is 22.7 Å². The lowest BCUT2D eigenvalue weighted by Crippen LogP contribution is -2.10. The smallest absolute Gasteiger partial charge is 0.131 e. The fourth-order valence-electron chi connectivity index (χ4n) is 2.06. The van der Waals surface area contributed by atoms with E-state index in [1.807, 2.05) is 35.9 Å². The second kappa shape index (κ2) is 7.04. The van der Waals surface area contributed by atoms with E-state index in [-0.39, 0.29) is 0 Å². The average Bonchev–Trinajstić information content (AvgIpc) is 2.73. The Hall–Kier alpha value is -1.40. The fourth-order valence-corrected chi connectivity index (χ4v) is 2.63. The first-order valence-electron chi connectivity index (χ1n) is 6.73. The van der Waals surface area contributed by atoms with Crippen LogP contribution in [0.5, 0.6) is 5.75 Å². The molecule has 0 aliphatic heterocycles. The molecule has 0 amide bonds. The van der Waals surface area contributed by atoms with Crippen LogP contribution in [0.4, 0.5) is 0 Å². The van der Waals surface area contributed by atoms with Crippen LogP contribution in [0.15, 0.2) is 28.7 Å². The molecule has 0 saturated carbocycles. The van der Waals surface area contributed by atoms with Crippen LogP contribution in [0.1, 0.15) is 23.9 Å². The zero-order chi connectivity index (χ0) is 15.4. The second-order valence-corrected chi connectivity index (χ2v) is 6.05. The Bertz CT molecular complexity index is 637. The summed E-state index contributed by atoms with van der Waals surface area (Å²) < 4.78 is 8.79. The van der Waals surface area contributed by atoms with E-state index in [2.05, 4.69) is 28.0 Å². The largest absolute Gasteiger partial charge is 0.487 e. The van der Waals surface area contributed by atoms with E-state index in [1.165, 1.54) is 0 Å². The van der Waals surface area contributed by atoms with Crippen LogP contribution in [0.25, 0.3) is 0 Å². The van der Waals surface area contributed by atoms with Gasteiger partial charge in [0.25, 0.3) is 0 Å². The minimum Gasteiger partial charge on any atom is -0.487 e. The predicted octanol–water partition coefficient (Wildman–Crippen LogP) is 3.38. The molecule has 0 saturated heterocycles. The van der Waals surface area contributed by atoms with E-state index in [0.29, 0.717) is 18.0 Å². The van der Waals surface area contributed by atoms with Gasteiger partial charge in [-0.05, 0) is 47.5 Å². The number of rotatable bonds is 6. The van der Waals surface area contributed by atoms with E-state index >= 15 is 0 Å². The summed E-state index contributed by atoms with van der Waals surface area (Å²) in [5.74, 6) is 0.815. The molecule has 1 heterocycles. The van der Waals surface area contributed by atoms with E-state index in [9.17, 15) is 0 Å². The Kier molecular flexibility index (Phi) is 5.36. The van der Waals surface area contributed by atoms with Crippen molar-refractivity contribution in [1.82, 2.24) is 9.78 Å². The topological polar surface area (TPSA) is 53.1 Å². The van der Waals surface area contributed by atoms with Crippen molar-refractivity contribution in [1.29, 1.82) is 0 Å². The summed E-state index contributed by atoms with van der Waals surface area (Å²) in [7, 11) is 0. The predicted molar refractivity (Wildman–Crippen MR) is 91.6 cm³/mol. The molecule has 0 aliphatic carbocycles. The first kappa shape index (κ1) is 16.0. The molecule has 21 heavy (non-hydrogen) atoms. The van der Waals surface area contributed by atoms with Crippen molar-refractivity contribution in [3.8, 4) is 5.75 Å². The Balaban J connectivity index is 2.05. The lowest BCUT2D eigenvalue weighted by molar-refractivity contribution is 0.291. The number of benzene rings is 1. The molecule has 6 heteroatoms. The molecule has 2 N–H and O–H groups in total. The lowest BCUT2D eigenvalue weighted by atomic mass is 10.1. The van der Waals surface area contributed by atoms with Crippen LogP contribution in [0.3, 0.4) is 0 Å². The summed E-state index contributed by atoms with van der Waals surface area (Å²) in [5, 5.41) is 4.45. The minimum absolute atomic E-state index is 0.476. The summed E-state index contributed by atoms with van der Waals surface area (Å²) in [6.07, 6.45) is 0.614. The van der Waals surface area contributed by atoms with Crippen LogP contribution in [0.2, 0.25) is 0 Å². The monoisotopic (exact) mass is 367 g/mol. The van der Waals surface area contributed by atoms with Crippen molar-refractivity contribution < 1.29 is 4.74 Å². The number of nitrogens with two attached hydrogens (primary N) is 1. The Labute approximate surface area is 138 Å². The van der Waals surface area contributed by atoms with Crippen LogP contribution >= 0.6 is 28.1 Å². The first-order valence-corrected chi connectivity index (χ1v) is 7.93. The highest BCUT2D eigenvalue weighted by molar-refractivity contribution is 9.10. The molecular weight excluding hydrogens is 350 g/mol. The highest BCUT2D eigenvalue weighted by Gasteiger charge is 2.12. The Morgan fingerprint density at radius 2 is 2.05 bits per heavy atom. The molecule has 1 aromatic carbocycles. The van der Waals surface area contributed by atoms with Crippen LogP contribution in [-0.2, 0) is 19.6 Å². The van der Waals surface area contributed by atoms with Crippen molar-refractivity contribution in [2.75, 3.05) is 0 Å². The van der Waals surface area contributed by atoms with Gasteiger partial charge >= 0.3 is 0 Å². The van der Waals surface area contributed by atoms with Gasteiger partial charge in [0.1, 0.15) is 12.4 Å². The summed E-state index contributed by atoms with van der Waals surface area (Å²) >= 11 is 8.46. The van der Waals surface area contributed by atoms with Gasteiger partial charge in [0.05, 0.1) is 20.8 Å². The Morgan fingerprint density at radius 3 is 2.62 bits per heavy atom. The van der Waals surface area contributed by atoms with Gasteiger partial charge in [-0.15, -0.1) is 0 Å². The van der Waals surface area contributed by atoms with Gasteiger partial charge in [-0.25, -0.2) is 0 Å². The molecule has 112 valence electrons. The van der Waals surface area contributed by atoms with Gasteiger partial charge < -0.3 is 10.5 Å². The fraction of sp³-hybridized carbons (Fsp3) is 0.333. The molecule has 4 nitrogen and oxygen atoms in total. The molecule has 0 atom stereocenters.